The summed E-state index contributed by atoms with van der Waals surface area (Å²) >= 11 is 0. The van der Waals surface area contributed by atoms with Gasteiger partial charge in [-0.3, -0.25) is 9.59 Å². The molecule has 4 nitrogen and oxygen atoms in total. The molecule has 0 bridgehead atoms. The van der Waals surface area contributed by atoms with Crippen molar-refractivity contribution in [2.24, 2.45) is 0 Å². The quantitative estimate of drug-likeness (QED) is 0.865. The number of hydrogen-bond donors (Lipinski definition) is 1. The van der Waals surface area contributed by atoms with Crippen molar-refractivity contribution in [3.63, 3.8) is 0 Å². The van der Waals surface area contributed by atoms with Crippen molar-refractivity contribution in [3.05, 3.63) is 70.8 Å². The van der Waals surface area contributed by atoms with E-state index in [-0.39, 0.29) is 19.0 Å². The van der Waals surface area contributed by atoms with Crippen LogP contribution in [-0.2, 0) is 27.7 Å². The Bertz CT molecular complexity index is 950. The van der Waals surface area contributed by atoms with Crippen LogP contribution in [0.1, 0.15) is 41.0 Å². The summed E-state index contributed by atoms with van der Waals surface area (Å²) in [6, 6.07) is 12.0. The first-order valence-corrected chi connectivity index (χ1v) is 9.00. The number of hydrogen-bond acceptors (Lipinski definition) is 2. The molecule has 2 aromatic rings. The molecule has 1 aliphatic heterocycles. The SMILES string of the molecule is O=C(O)C1CN(C(=O)C2(c3cccc(C(F)(F)F)c3)CC2)Cc2ccccc21. The molecular formula is C21H18F3NO3. The van der Waals surface area contributed by atoms with Crippen molar-refractivity contribution < 1.29 is 27.9 Å². The van der Waals surface area contributed by atoms with Crippen LogP contribution in [0, 0.1) is 0 Å². The zero-order valence-corrected chi connectivity index (χ0v) is 14.9. The average molecular weight is 389 g/mol. The molecule has 1 aliphatic carbocycles. The minimum Gasteiger partial charge on any atom is -0.481 e. The first kappa shape index (κ1) is 18.5. The summed E-state index contributed by atoms with van der Waals surface area (Å²) < 4.78 is 39.2. The summed E-state index contributed by atoms with van der Waals surface area (Å²) in [6.07, 6.45) is -3.56. The van der Waals surface area contributed by atoms with Crippen LogP contribution in [0.3, 0.4) is 0 Å². The highest BCUT2D eigenvalue weighted by atomic mass is 19.4. The highest BCUT2D eigenvalue weighted by molar-refractivity contribution is 5.92. The summed E-state index contributed by atoms with van der Waals surface area (Å²) in [5.41, 5.74) is 0.0168. The lowest BCUT2D eigenvalue weighted by Gasteiger charge is -2.35. The van der Waals surface area contributed by atoms with Crippen LogP contribution < -0.4 is 0 Å². The van der Waals surface area contributed by atoms with Gasteiger partial charge in [-0.2, -0.15) is 13.2 Å². The van der Waals surface area contributed by atoms with Gasteiger partial charge in [0, 0.05) is 13.1 Å². The van der Waals surface area contributed by atoms with Crippen LogP contribution in [0.15, 0.2) is 48.5 Å². The minimum atomic E-state index is -4.48. The Morgan fingerprint density at radius 2 is 1.79 bits per heavy atom. The Kier molecular flexibility index (Phi) is 4.21. The summed E-state index contributed by atoms with van der Waals surface area (Å²) in [5, 5.41) is 9.58. The molecule has 1 N–H and O–H groups in total. The third-order valence-electron chi connectivity index (χ3n) is 5.68. The maximum atomic E-state index is 13.3. The van der Waals surface area contributed by atoms with E-state index in [1.54, 1.807) is 30.3 Å². The first-order chi connectivity index (χ1) is 13.2. The number of nitrogens with zero attached hydrogens (tertiary/aromatic N) is 1. The van der Waals surface area contributed by atoms with Crippen molar-refractivity contribution in [2.45, 2.75) is 36.9 Å². The lowest BCUT2D eigenvalue weighted by atomic mass is 9.87. The number of alkyl halides is 3. The van der Waals surface area contributed by atoms with E-state index in [4.69, 9.17) is 0 Å². The predicted molar refractivity (Wildman–Crippen MR) is 94.6 cm³/mol. The maximum Gasteiger partial charge on any atom is 0.416 e. The lowest BCUT2D eigenvalue weighted by Crippen LogP contribution is -2.45. The van der Waals surface area contributed by atoms with Gasteiger partial charge in [0.25, 0.3) is 0 Å². The van der Waals surface area contributed by atoms with Gasteiger partial charge in [0.1, 0.15) is 0 Å². The third-order valence-corrected chi connectivity index (χ3v) is 5.68. The predicted octanol–water partition coefficient (Wildman–Crippen LogP) is 3.95. The molecule has 1 atom stereocenters. The molecule has 1 fully saturated rings. The molecule has 7 heteroatoms. The van der Waals surface area contributed by atoms with E-state index in [0.29, 0.717) is 24.0 Å². The number of carboxylic acids is 1. The number of rotatable bonds is 3. The van der Waals surface area contributed by atoms with Crippen LogP contribution in [-0.4, -0.2) is 28.4 Å². The first-order valence-electron chi connectivity index (χ1n) is 9.00. The maximum absolute atomic E-state index is 13.3. The van der Waals surface area contributed by atoms with Crippen LogP contribution in [0.5, 0.6) is 0 Å². The molecule has 0 spiro atoms. The largest absolute Gasteiger partial charge is 0.481 e. The van der Waals surface area contributed by atoms with Crippen molar-refractivity contribution in [1.29, 1.82) is 0 Å². The van der Waals surface area contributed by atoms with Gasteiger partial charge >= 0.3 is 12.1 Å². The van der Waals surface area contributed by atoms with Crippen LogP contribution in [0.2, 0.25) is 0 Å². The molecule has 4 rings (SSSR count). The number of benzene rings is 2. The standard InChI is InChI=1S/C21H18F3NO3/c22-21(23,24)15-6-3-5-14(10-15)20(8-9-20)19(28)25-11-13-4-1-2-7-16(13)17(12-25)18(26)27/h1-7,10,17H,8-9,11-12H2,(H,26,27). The molecule has 28 heavy (non-hydrogen) atoms. The van der Waals surface area contributed by atoms with Gasteiger partial charge in [-0.05, 0) is 35.6 Å². The van der Waals surface area contributed by atoms with Crippen LogP contribution in [0.25, 0.3) is 0 Å². The molecule has 1 amide bonds. The lowest BCUT2D eigenvalue weighted by molar-refractivity contribution is -0.142. The molecule has 1 heterocycles. The zero-order valence-electron chi connectivity index (χ0n) is 14.9. The molecule has 0 radical (unpaired) electrons. The number of halogens is 3. The van der Waals surface area contributed by atoms with E-state index >= 15 is 0 Å². The Morgan fingerprint density at radius 1 is 1.07 bits per heavy atom. The van der Waals surface area contributed by atoms with Gasteiger partial charge in [0.15, 0.2) is 0 Å². The number of carbonyl (C=O) groups excluding carboxylic acids is 1. The Morgan fingerprint density at radius 3 is 2.43 bits per heavy atom. The Hall–Kier alpha value is -2.83. The highest BCUT2D eigenvalue weighted by Gasteiger charge is 2.54. The normalized spacial score (nSPS) is 20.4. The van der Waals surface area contributed by atoms with Gasteiger partial charge in [-0.25, -0.2) is 0 Å². The fourth-order valence-electron chi connectivity index (χ4n) is 4.02. The van der Waals surface area contributed by atoms with Crippen molar-refractivity contribution >= 4 is 11.9 Å². The molecule has 2 aromatic carbocycles. The van der Waals surface area contributed by atoms with Crippen LogP contribution in [0.4, 0.5) is 13.2 Å². The molecule has 0 aromatic heterocycles. The van der Waals surface area contributed by atoms with E-state index in [0.717, 1.165) is 17.7 Å². The van der Waals surface area contributed by atoms with Crippen molar-refractivity contribution in [1.82, 2.24) is 4.90 Å². The molecule has 1 saturated carbocycles. The molecule has 0 saturated heterocycles. The van der Waals surface area contributed by atoms with Gasteiger partial charge in [-0.15, -0.1) is 0 Å². The van der Waals surface area contributed by atoms with E-state index in [1.807, 2.05) is 0 Å². The molecular weight excluding hydrogens is 371 g/mol. The molecule has 1 unspecified atom stereocenters. The van der Waals surface area contributed by atoms with Gasteiger partial charge in [-0.1, -0.05) is 42.5 Å². The third kappa shape index (κ3) is 3.04. The van der Waals surface area contributed by atoms with Crippen molar-refractivity contribution in [3.8, 4) is 0 Å². The summed E-state index contributed by atoms with van der Waals surface area (Å²) in [4.78, 5) is 26.5. The second-order valence-corrected chi connectivity index (χ2v) is 7.44. The minimum absolute atomic E-state index is 0.0197. The highest BCUT2D eigenvalue weighted by Crippen LogP contribution is 2.51. The Balaban J connectivity index is 1.66. The smallest absolute Gasteiger partial charge is 0.416 e. The summed E-state index contributed by atoms with van der Waals surface area (Å²) in [6.45, 7) is 0.283. The van der Waals surface area contributed by atoms with E-state index in [1.165, 1.54) is 11.0 Å². The number of fused-ring (bicyclic) bond motifs is 1. The fourth-order valence-corrected chi connectivity index (χ4v) is 4.02. The monoisotopic (exact) mass is 389 g/mol. The van der Waals surface area contributed by atoms with Gasteiger partial charge in [0.05, 0.1) is 16.9 Å². The van der Waals surface area contributed by atoms with E-state index in [9.17, 15) is 27.9 Å². The zero-order chi connectivity index (χ0) is 20.1. The number of amides is 1. The van der Waals surface area contributed by atoms with Crippen LogP contribution >= 0.6 is 0 Å². The second-order valence-electron chi connectivity index (χ2n) is 7.44. The summed E-state index contributed by atoms with van der Waals surface area (Å²) in [7, 11) is 0. The van der Waals surface area contributed by atoms with Gasteiger partial charge in [0.2, 0.25) is 5.91 Å². The van der Waals surface area contributed by atoms with Gasteiger partial charge < -0.3 is 10.0 Å². The average Bonchev–Trinajstić information content (AvgIpc) is 3.48. The molecule has 2 aliphatic rings. The number of carbonyl (C=O) groups is 2. The fraction of sp³-hybridized carbons (Fsp3) is 0.333. The van der Waals surface area contributed by atoms with Crippen molar-refractivity contribution in [2.75, 3.05) is 6.54 Å². The topological polar surface area (TPSA) is 57.6 Å². The second kappa shape index (κ2) is 6.36. The van der Waals surface area contributed by atoms with E-state index < -0.39 is 29.0 Å². The van der Waals surface area contributed by atoms with E-state index in [2.05, 4.69) is 0 Å². The summed E-state index contributed by atoms with van der Waals surface area (Å²) in [5.74, 6) is -2.16. The molecule has 146 valence electrons. The Labute approximate surface area is 159 Å². The number of carboxylic acid groups (broad SMARTS) is 1. The number of aliphatic carboxylic acids is 1.